The van der Waals surface area contributed by atoms with E-state index in [1.54, 1.807) is 0 Å². The third-order valence-electron chi connectivity index (χ3n) is 2.12. The van der Waals surface area contributed by atoms with Crippen LogP contribution in [0.3, 0.4) is 0 Å². The van der Waals surface area contributed by atoms with E-state index in [1.165, 1.54) is 6.07 Å². The molecule has 104 valence electrons. The van der Waals surface area contributed by atoms with Gasteiger partial charge in [0.25, 0.3) is 0 Å². The van der Waals surface area contributed by atoms with E-state index in [0.717, 1.165) is 6.42 Å². The van der Waals surface area contributed by atoms with E-state index in [2.05, 4.69) is 10.9 Å². The summed E-state index contributed by atoms with van der Waals surface area (Å²) in [7, 11) is -1.74. The summed E-state index contributed by atoms with van der Waals surface area (Å²) in [5.74, 6) is 1.31. The summed E-state index contributed by atoms with van der Waals surface area (Å²) in [6.07, 6.45) is 5.62. The zero-order chi connectivity index (χ0) is 15.2. The Morgan fingerprint density at radius 1 is 1.58 bits per heavy atom. The molecule has 0 radical (unpaired) electrons. The van der Waals surface area contributed by atoms with Crippen LogP contribution in [0.5, 0.6) is 0 Å². The molecule has 0 spiro atoms. The lowest BCUT2D eigenvalue weighted by Gasteiger charge is -2.18. The van der Waals surface area contributed by atoms with Crippen molar-refractivity contribution in [2.45, 2.75) is 33.0 Å². The highest BCUT2D eigenvalue weighted by Gasteiger charge is 2.24. The van der Waals surface area contributed by atoms with Gasteiger partial charge in [0, 0.05) is 11.7 Å². The van der Waals surface area contributed by atoms with Crippen molar-refractivity contribution in [3.63, 3.8) is 0 Å². The van der Waals surface area contributed by atoms with Crippen LogP contribution in [0.25, 0.3) is 0 Å². The van der Waals surface area contributed by atoms with Gasteiger partial charge in [-0.05, 0) is 6.07 Å². The smallest absolute Gasteiger partial charge is 0.356 e. The van der Waals surface area contributed by atoms with E-state index in [4.69, 9.17) is 28.9 Å². The first-order valence-corrected chi connectivity index (χ1v) is 9.66. The fraction of sp³-hybridized carbons (Fsp3) is 0.385. The minimum Gasteiger partial charge on any atom is -0.476 e. The predicted molar refractivity (Wildman–Crippen MR) is 82.7 cm³/mol. The van der Waals surface area contributed by atoms with Crippen LogP contribution in [0.1, 0.15) is 23.8 Å². The Labute approximate surface area is 120 Å². The van der Waals surface area contributed by atoms with E-state index in [0.29, 0.717) is 11.0 Å². The molecule has 1 aromatic rings. The maximum Gasteiger partial charge on any atom is 0.356 e. The van der Waals surface area contributed by atoms with E-state index < -0.39 is 14.0 Å². The molecule has 1 aromatic heterocycles. The summed E-state index contributed by atoms with van der Waals surface area (Å²) in [6.45, 7) is 8.09. The Bertz CT molecular complexity index is 505. The third kappa shape index (κ3) is 5.33. The van der Waals surface area contributed by atoms with Gasteiger partial charge in [-0.3, -0.25) is 0 Å². The number of halogens is 1. The Kier molecular flexibility index (Phi) is 6.60. The van der Waals surface area contributed by atoms with E-state index in [1.807, 2.05) is 26.6 Å². The molecule has 0 aliphatic heterocycles. The van der Waals surface area contributed by atoms with Gasteiger partial charge >= 0.3 is 5.97 Å². The molecule has 0 saturated heterocycles. The first-order chi connectivity index (χ1) is 8.65. The summed E-state index contributed by atoms with van der Waals surface area (Å²) in [4.78, 5) is 14.9. The molecule has 0 aromatic carbocycles. The molecule has 0 bridgehead atoms. The number of carboxylic acids is 1. The fourth-order valence-corrected chi connectivity index (χ4v) is 2.88. The Morgan fingerprint density at radius 3 is 2.37 bits per heavy atom. The second-order valence-electron chi connectivity index (χ2n) is 4.87. The van der Waals surface area contributed by atoms with Crippen molar-refractivity contribution >= 4 is 36.6 Å². The normalized spacial score (nSPS) is 10.1. The van der Waals surface area contributed by atoms with Crippen LogP contribution in [0, 0.1) is 12.3 Å². The molecule has 1 heterocycles. The van der Waals surface area contributed by atoms with Crippen molar-refractivity contribution < 1.29 is 9.90 Å². The molecule has 0 saturated carbocycles. The summed E-state index contributed by atoms with van der Waals surface area (Å²) < 4.78 is 0. The van der Waals surface area contributed by atoms with Gasteiger partial charge in [0.2, 0.25) is 0 Å². The molecule has 0 atom stereocenters. The summed E-state index contributed by atoms with van der Waals surface area (Å²) in [5.41, 5.74) is 6.13. The van der Waals surface area contributed by atoms with Crippen molar-refractivity contribution in [3.05, 3.63) is 16.8 Å². The highest BCUT2D eigenvalue weighted by atomic mass is 35.5. The van der Waals surface area contributed by atoms with E-state index in [-0.39, 0.29) is 10.7 Å². The number of nitrogens with two attached hydrogens (primary N) is 1. The van der Waals surface area contributed by atoms with Crippen LogP contribution in [0.4, 0.5) is 5.69 Å². The lowest BCUT2D eigenvalue weighted by atomic mass is 10.3. The second kappa shape index (κ2) is 7.17. The van der Waals surface area contributed by atoms with Crippen LogP contribution >= 0.6 is 11.6 Å². The standard InChI is InChI=1S/C9H13ClN2O2Si.C4H6/c1-15(2,3)8-6(11)4-5(10)7(12-8)9(13)14;1-3-4-2/h4H,11H2,1-3H3,(H,13,14);1H,4H2,2H3. The lowest BCUT2D eigenvalue weighted by Crippen LogP contribution is -2.42. The van der Waals surface area contributed by atoms with Gasteiger partial charge in [0.05, 0.1) is 10.7 Å². The molecule has 19 heavy (non-hydrogen) atoms. The van der Waals surface area contributed by atoms with Gasteiger partial charge in [0.15, 0.2) is 5.69 Å². The number of carboxylic acid groups (broad SMARTS) is 1. The zero-order valence-corrected chi connectivity index (χ0v) is 13.4. The SMILES string of the molecule is C#CCC.C[Si](C)(C)c1nc(C(=O)O)c(Cl)cc1N. The van der Waals surface area contributed by atoms with Crippen LogP contribution in [0.2, 0.25) is 24.7 Å². The van der Waals surface area contributed by atoms with Crippen LogP contribution in [0.15, 0.2) is 6.07 Å². The van der Waals surface area contributed by atoms with Crippen molar-refractivity contribution in [1.29, 1.82) is 0 Å². The molecule has 1 rings (SSSR count). The number of hydrogen-bond acceptors (Lipinski definition) is 3. The molecule has 0 fully saturated rings. The number of carbonyl (C=O) groups is 1. The van der Waals surface area contributed by atoms with Gasteiger partial charge in [-0.15, -0.1) is 12.3 Å². The van der Waals surface area contributed by atoms with Gasteiger partial charge < -0.3 is 10.8 Å². The van der Waals surface area contributed by atoms with Gasteiger partial charge in [-0.1, -0.05) is 38.2 Å². The van der Waals surface area contributed by atoms with Crippen molar-refractivity contribution in [1.82, 2.24) is 4.98 Å². The zero-order valence-electron chi connectivity index (χ0n) is 11.6. The van der Waals surface area contributed by atoms with Crippen LogP contribution in [-0.4, -0.2) is 24.1 Å². The number of pyridine rings is 1. The Hall–Kier alpha value is -1.51. The predicted octanol–water partition coefficient (Wildman–Crippen LogP) is 2.59. The first kappa shape index (κ1) is 17.5. The first-order valence-electron chi connectivity index (χ1n) is 5.78. The highest BCUT2D eigenvalue weighted by Crippen LogP contribution is 2.17. The second-order valence-corrected chi connectivity index (χ2v) is 10.3. The average molecular weight is 299 g/mol. The molecule has 6 heteroatoms. The minimum absolute atomic E-state index is 0.0852. The minimum atomic E-state index is -1.74. The molecule has 0 amide bonds. The summed E-state index contributed by atoms with van der Waals surface area (Å²) in [6, 6.07) is 1.46. The number of aromatic nitrogens is 1. The number of nitrogen functional groups attached to an aromatic ring is 1. The third-order valence-corrected chi connectivity index (χ3v) is 4.23. The average Bonchev–Trinajstić information content (AvgIpc) is 2.27. The monoisotopic (exact) mass is 298 g/mol. The maximum atomic E-state index is 10.8. The summed E-state index contributed by atoms with van der Waals surface area (Å²) >= 11 is 5.74. The number of terminal acetylenes is 1. The quantitative estimate of drug-likeness (QED) is 0.650. The number of aromatic carboxylic acids is 1. The van der Waals surface area contributed by atoms with Crippen LogP contribution < -0.4 is 11.1 Å². The van der Waals surface area contributed by atoms with Gasteiger partial charge in [-0.25, -0.2) is 9.78 Å². The van der Waals surface area contributed by atoms with Gasteiger partial charge in [0.1, 0.15) is 8.07 Å². The van der Waals surface area contributed by atoms with Gasteiger partial charge in [-0.2, -0.15) is 0 Å². The van der Waals surface area contributed by atoms with Crippen molar-refractivity contribution in [2.75, 3.05) is 5.73 Å². The Morgan fingerprint density at radius 2 is 2.05 bits per heavy atom. The molecule has 0 unspecified atom stereocenters. The number of anilines is 1. The van der Waals surface area contributed by atoms with E-state index in [9.17, 15) is 4.79 Å². The molecular weight excluding hydrogens is 280 g/mol. The largest absolute Gasteiger partial charge is 0.476 e. The number of rotatable bonds is 2. The Balaban J connectivity index is 0.000000711. The molecule has 0 aliphatic carbocycles. The highest BCUT2D eigenvalue weighted by molar-refractivity contribution is 6.89. The summed E-state index contributed by atoms with van der Waals surface area (Å²) in [5, 5.41) is 9.64. The number of nitrogens with zero attached hydrogens (tertiary/aromatic N) is 1. The maximum absolute atomic E-state index is 10.8. The molecule has 0 aliphatic rings. The van der Waals surface area contributed by atoms with Crippen molar-refractivity contribution in [2.24, 2.45) is 0 Å². The number of hydrogen-bond donors (Lipinski definition) is 2. The fourth-order valence-electron chi connectivity index (χ4n) is 1.25. The van der Waals surface area contributed by atoms with Crippen molar-refractivity contribution in [3.8, 4) is 12.3 Å². The lowest BCUT2D eigenvalue weighted by molar-refractivity contribution is 0.0691. The van der Waals surface area contributed by atoms with Crippen LogP contribution in [-0.2, 0) is 0 Å². The topological polar surface area (TPSA) is 76.2 Å². The molecular formula is C13H19ClN2O2Si. The molecule has 3 N–H and O–H groups in total. The van der Waals surface area contributed by atoms with E-state index >= 15 is 0 Å². The molecule has 4 nitrogen and oxygen atoms in total.